The summed E-state index contributed by atoms with van der Waals surface area (Å²) in [5, 5.41) is 0. The van der Waals surface area contributed by atoms with Gasteiger partial charge in [0.2, 0.25) is 5.91 Å². The van der Waals surface area contributed by atoms with E-state index in [1.807, 2.05) is 72.8 Å². The number of hydrogen-bond acceptors (Lipinski definition) is 4. The summed E-state index contributed by atoms with van der Waals surface area (Å²) in [6, 6.07) is 24.5. The second kappa shape index (κ2) is 11.7. The van der Waals surface area contributed by atoms with Crippen molar-refractivity contribution in [3.05, 3.63) is 95.8 Å². The minimum Gasteiger partial charge on any atom is -0.464 e. The zero-order valence-corrected chi connectivity index (χ0v) is 21.2. The van der Waals surface area contributed by atoms with Gasteiger partial charge in [0.15, 0.2) is 6.04 Å². The van der Waals surface area contributed by atoms with Crippen LogP contribution in [0.3, 0.4) is 0 Å². The van der Waals surface area contributed by atoms with Gasteiger partial charge >= 0.3 is 5.97 Å². The molecule has 0 radical (unpaired) electrons. The number of para-hydroxylation sites is 2. The number of nitrogens with zero attached hydrogens (tertiary/aromatic N) is 3. The molecule has 0 saturated heterocycles. The first-order valence-corrected chi connectivity index (χ1v) is 12.6. The number of benzene rings is 3. The van der Waals surface area contributed by atoms with Crippen molar-refractivity contribution in [1.29, 1.82) is 0 Å². The second-order valence-corrected chi connectivity index (χ2v) is 8.83. The Balaban J connectivity index is 1.66. The van der Waals surface area contributed by atoms with Crippen LogP contribution in [0.25, 0.3) is 11.0 Å². The molecule has 0 bridgehead atoms. The van der Waals surface area contributed by atoms with Gasteiger partial charge in [-0.2, -0.15) is 0 Å². The minimum absolute atomic E-state index is 0.230. The van der Waals surface area contributed by atoms with Gasteiger partial charge in [-0.1, -0.05) is 67.9 Å². The molecule has 36 heavy (non-hydrogen) atoms. The number of amides is 1. The van der Waals surface area contributed by atoms with Crippen molar-refractivity contribution in [3.63, 3.8) is 0 Å². The first-order chi connectivity index (χ1) is 17.5. The molecule has 6 nitrogen and oxygen atoms in total. The third kappa shape index (κ3) is 5.48. The monoisotopic (exact) mass is 483 g/mol. The Morgan fingerprint density at radius 1 is 0.944 bits per heavy atom. The van der Waals surface area contributed by atoms with E-state index < -0.39 is 12.0 Å². The average molecular weight is 484 g/mol. The van der Waals surface area contributed by atoms with Crippen molar-refractivity contribution in [2.24, 2.45) is 0 Å². The molecule has 1 unspecified atom stereocenters. The maximum absolute atomic E-state index is 13.0. The van der Waals surface area contributed by atoms with Crippen LogP contribution in [0, 0.1) is 0 Å². The van der Waals surface area contributed by atoms with E-state index in [0.717, 1.165) is 41.7 Å². The Hall–Kier alpha value is -3.93. The van der Waals surface area contributed by atoms with Crippen molar-refractivity contribution < 1.29 is 14.3 Å². The van der Waals surface area contributed by atoms with Crippen LogP contribution in [0.4, 0.5) is 5.69 Å². The Kier molecular flexibility index (Phi) is 8.16. The van der Waals surface area contributed by atoms with Crippen LogP contribution in [-0.2, 0) is 27.3 Å². The van der Waals surface area contributed by atoms with Crippen molar-refractivity contribution >= 4 is 28.6 Å². The van der Waals surface area contributed by atoms with Crippen molar-refractivity contribution in [3.8, 4) is 0 Å². The lowest BCUT2D eigenvalue weighted by Crippen LogP contribution is -2.38. The summed E-state index contributed by atoms with van der Waals surface area (Å²) in [5.74, 6) is 0.402. The van der Waals surface area contributed by atoms with Crippen molar-refractivity contribution in [2.45, 2.75) is 52.6 Å². The number of carbonyl (C=O) groups excluding carboxylic acids is 2. The predicted octanol–water partition coefficient (Wildman–Crippen LogP) is 6.08. The Morgan fingerprint density at radius 3 is 2.31 bits per heavy atom. The molecule has 1 aromatic heterocycles. The number of aryl methyl sites for hydroxylation is 1. The summed E-state index contributed by atoms with van der Waals surface area (Å²) in [5.41, 5.74) is 4.57. The highest BCUT2D eigenvalue weighted by molar-refractivity contribution is 5.98. The maximum atomic E-state index is 13.0. The molecule has 0 aliphatic rings. The largest absolute Gasteiger partial charge is 0.464 e. The molecule has 1 heterocycles. The molecule has 0 fully saturated rings. The number of imidazole rings is 1. The number of hydrogen-bond donors (Lipinski definition) is 0. The quantitative estimate of drug-likeness (QED) is 0.256. The first-order valence-electron chi connectivity index (χ1n) is 12.6. The number of fused-ring (bicyclic) bond motifs is 1. The van der Waals surface area contributed by atoms with E-state index in [4.69, 9.17) is 9.72 Å². The number of ether oxygens (including phenoxy) is 1. The summed E-state index contributed by atoms with van der Waals surface area (Å²) in [4.78, 5) is 32.1. The van der Waals surface area contributed by atoms with Crippen LogP contribution < -0.4 is 4.90 Å². The lowest BCUT2D eigenvalue weighted by Gasteiger charge is -2.30. The fourth-order valence-corrected chi connectivity index (χ4v) is 4.53. The number of unbranched alkanes of at least 4 members (excludes halogenated alkanes) is 1. The number of esters is 1. The normalized spacial score (nSPS) is 11.9. The van der Waals surface area contributed by atoms with Gasteiger partial charge in [0.05, 0.1) is 17.6 Å². The van der Waals surface area contributed by atoms with Crippen LogP contribution in [-0.4, -0.2) is 28.0 Å². The molecule has 0 aliphatic heterocycles. The minimum atomic E-state index is -0.854. The molecule has 1 atom stereocenters. The standard InChI is InChI=1S/C30H33N3O3/c1-4-6-16-28-31-26-14-10-11-15-27(26)32(28)21-23-17-19-25(20-18-23)33(22(3)34)29(30(35)36-5-2)24-12-8-7-9-13-24/h7-15,17-20,29H,4-6,16,21H2,1-3H3. The van der Waals surface area contributed by atoms with Gasteiger partial charge in [0.1, 0.15) is 5.82 Å². The summed E-state index contributed by atoms with van der Waals surface area (Å²) in [7, 11) is 0. The van der Waals surface area contributed by atoms with Crippen LogP contribution in [0.5, 0.6) is 0 Å². The molecule has 4 aromatic rings. The van der Waals surface area contributed by atoms with E-state index in [9.17, 15) is 9.59 Å². The second-order valence-electron chi connectivity index (χ2n) is 8.83. The molecule has 186 valence electrons. The highest BCUT2D eigenvalue weighted by Crippen LogP contribution is 2.30. The molecule has 0 saturated carbocycles. The maximum Gasteiger partial charge on any atom is 0.333 e. The Labute approximate surface area is 212 Å². The number of rotatable bonds is 10. The fraction of sp³-hybridized carbons (Fsp3) is 0.300. The number of carbonyl (C=O) groups is 2. The zero-order chi connectivity index (χ0) is 25.5. The molecule has 0 N–H and O–H groups in total. The highest BCUT2D eigenvalue weighted by atomic mass is 16.5. The molecule has 6 heteroatoms. The fourth-order valence-electron chi connectivity index (χ4n) is 4.53. The van der Waals surface area contributed by atoms with Gasteiger partial charge in [-0.25, -0.2) is 9.78 Å². The van der Waals surface area contributed by atoms with Gasteiger partial charge in [-0.3, -0.25) is 9.69 Å². The summed E-state index contributed by atoms with van der Waals surface area (Å²) in [6.07, 6.45) is 3.13. The van der Waals surface area contributed by atoms with E-state index in [2.05, 4.69) is 17.6 Å². The van der Waals surface area contributed by atoms with Gasteiger partial charge in [0, 0.05) is 25.6 Å². The van der Waals surface area contributed by atoms with Crippen LogP contribution in [0.15, 0.2) is 78.9 Å². The Morgan fingerprint density at radius 2 is 1.64 bits per heavy atom. The average Bonchev–Trinajstić information content (AvgIpc) is 3.24. The highest BCUT2D eigenvalue weighted by Gasteiger charge is 2.32. The van der Waals surface area contributed by atoms with Crippen LogP contribution >= 0.6 is 0 Å². The summed E-state index contributed by atoms with van der Waals surface area (Å²) < 4.78 is 7.62. The van der Waals surface area contributed by atoms with Crippen LogP contribution in [0.2, 0.25) is 0 Å². The van der Waals surface area contributed by atoms with Gasteiger partial charge in [-0.05, 0) is 48.7 Å². The SMILES string of the molecule is CCCCc1nc2ccccc2n1Cc1ccc(N(C(C)=O)C(C(=O)OCC)c2ccccc2)cc1. The van der Waals surface area contributed by atoms with Gasteiger partial charge < -0.3 is 9.30 Å². The van der Waals surface area contributed by atoms with Gasteiger partial charge in [-0.15, -0.1) is 0 Å². The van der Waals surface area contributed by atoms with Crippen molar-refractivity contribution in [1.82, 2.24) is 9.55 Å². The Bertz CT molecular complexity index is 1310. The predicted molar refractivity (Wildman–Crippen MR) is 143 cm³/mol. The molecule has 1 amide bonds. The molecular weight excluding hydrogens is 450 g/mol. The molecule has 3 aromatic carbocycles. The lowest BCUT2D eigenvalue weighted by atomic mass is 10.0. The molecule has 4 rings (SSSR count). The van der Waals surface area contributed by atoms with E-state index in [1.54, 1.807) is 6.92 Å². The summed E-state index contributed by atoms with van der Waals surface area (Å²) >= 11 is 0. The molecular formula is C30H33N3O3. The first kappa shape index (κ1) is 25.2. The third-order valence-electron chi connectivity index (χ3n) is 6.27. The lowest BCUT2D eigenvalue weighted by molar-refractivity contribution is -0.146. The molecule has 0 aliphatic carbocycles. The van der Waals surface area contributed by atoms with Crippen molar-refractivity contribution in [2.75, 3.05) is 11.5 Å². The summed E-state index contributed by atoms with van der Waals surface area (Å²) in [6.45, 7) is 6.35. The van der Waals surface area contributed by atoms with Crippen LogP contribution in [0.1, 0.15) is 56.6 Å². The van der Waals surface area contributed by atoms with E-state index >= 15 is 0 Å². The number of anilines is 1. The molecule has 0 spiro atoms. The van der Waals surface area contributed by atoms with E-state index in [-0.39, 0.29) is 12.5 Å². The third-order valence-corrected chi connectivity index (χ3v) is 6.27. The van der Waals surface area contributed by atoms with E-state index in [1.165, 1.54) is 11.8 Å². The van der Waals surface area contributed by atoms with E-state index in [0.29, 0.717) is 17.8 Å². The van der Waals surface area contributed by atoms with Gasteiger partial charge in [0.25, 0.3) is 0 Å². The smallest absolute Gasteiger partial charge is 0.333 e. The topological polar surface area (TPSA) is 64.4 Å². The number of aromatic nitrogens is 2. The zero-order valence-electron chi connectivity index (χ0n) is 21.2.